The minimum absolute atomic E-state index is 0.376. The molecule has 4 aromatic rings. The molecule has 2 aliphatic rings. The number of fused-ring (bicyclic) bond motifs is 3. The van der Waals surface area contributed by atoms with Crippen LogP contribution in [0.5, 0.6) is 5.75 Å². The molecule has 5 nitrogen and oxygen atoms in total. The molecule has 0 bridgehead atoms. The molecule has 0 amide bonds. The molecule has 1 spiro atoms. The van der Waals surface area contributed by atoms with Gasteiger partial charge in [-0.15, -0.1) is 0 Å². The van der Waals surface area contributed by atoms with E-state index in [1.807, 2.05) is 91.1 Å². The molecule has 0 N–H and O–H groups in total. The van der Waals surface area contributed by atoms with E-state index in [1.54, 1.807) is 22.7 Å². The average molecular weight is 419 g/mol. The number of pyridine rings is 1. The lowest BCUT2D eigenvalue weighted by Crippen LogP contribution is -2.76. The van der Waals surface area contributed by atoms with Crippen molar-refractivity contribution in [3.8, 4) is 5.75 Å². The van der Waals surface area contributed by atoms with E-state index in [0.29, 0.717) is 17.1 Å². The van der Waals surface area contributed by atoms with Gasteiger partial charge in [0.05, 0.1) is 16.9 Å². The number of nitrogens with zero attached hydrogens (tertiary/aromatic N) is 1. The number of rotatable bonds is 2. The highest BCUT2D eigenvalue weighted by Crippen LogP contribution is 2.39. The number of aromatic nitrogens is 1. The summed E-state index contributed by atoms with van der Waals surface area (Å²) in [6.45, 7) is -2.66. The van der Waals surface area contributed by atoms with Crippen molar-refractivity contribution in [2.75, 3.05) is 0 Å². The SMILES string of the molecule is O=C1O[B@@-]2(OC(c3ccccc3)=C(c3ccccc3)c3cccc[n+]32)Oc2ccccc21. The quantitative estimate of drug-likeness (QED) is 0.451. The van der Waals surface area contributed by atoms with Gasteiger partial charge in [-0.2, -0.15) is 0 Å². The number of benzene rings is 3. The molecule has 0 radical (unpaired) electrons. The van der Waals surface area contributed by atoms with Crippen molar-refractivity contribution >= 4 is 24.2 Å². The Kier molecular flexibility index (Phi) is 4.11. The van der Waals surface area contributed by atoms with Gasteiger partial charge in [-0.3, -0.25) is 9.27 Å². The van der Waals surface area contributed by atoms with Gasteiger partial charge in [0.1, 0.15) is 12.0 Å². The lowest BCUT2D eigenvalue weighted by Gasteiger charge is -2.42. The fourth-order valence-corrected chi connectivity index (χ4v) is 4.29. The van der Waals surface area contributed by atoms with Gasteiger partial charge in [-0.05, 0) is 23.8 Å². The minimum Gasteiger partial charge on any atom is -0.582 e. The van der Waals surface area contributed by atoms with Crippen LogP contribution in [0.2, 0.25) is 0 Å². The van der Waals surface area contributed by atoms with Crippen molar-refractivity contribution in [1.29, 1.82) is 0 Å². The Morgan fingerprint density at radius 1 is 0.625 bits per heavy atom. The van der Waals surface area contributed by atoms with Crippen molar-refractivity contribution in [1.82, 2.24) is 0 Å². The highest BCUT2D eigenvalue weighted by Gasteiger charge is 2.60. The maximum atomic E-state index is 13.0. The van der Waals surface area contributed by atoms with Crippen LogP contribution in [-0.2, 0) is 9.31 Å². The summed E-state index contributed by atoms with van der Waals surface area (Å²) in [5.74, 6) is 0.543. The molecule has 3 aromatic carbocycles. The first kappa shape index (κ1) is 18.5. The summed E-state index contributed by atoms with van der Waals surface area (Å²) in [6, 6.07) is 32.6. The van der Waals surface area contributed by atoms with Crippen molar-refractivity contribution in [2.45, 2.75) is 0 Å². The van der Waals surface area contributed by atoms with Gasteiger partial charge in [0.2, 0.25) is 0 Å². The summed E-state index contributed by atoms with van der Waals surface area (Å²) in [6.07, 6.45) is 1.82. The monoisotopic (exact) mass is 419 g/mol. The molecule has 32 heavy (non-hydrogen) atoms. The number of hydrogen-bond acceptors (Lipinski definition) is 4. The number of para-hydroxylation sites is 1. The molecular formula is C26H18BNO4. The van der Waals surface area contributed by atoms with Crippen LogP contribution in [0, 0.1) is 0 Å². The largest absolute Gasteiger partial charge is 0.880 e. The highest BCUT2D eigenvalue weighted by molar-refractivity contribution is 6.57. The van der Waals surface area contributed by atoms with Crippen molar-refractivity contribution in [2.24, 2.45) is 0 Å². The van der Waals surface area contributed by atoms with Crippen LogP contribution in [-0.4, -0.2) is 12.9 Å². The van der Waals surface area contributed by atoms with Crippen LogP contribution in [0.15, 0.2) is 109 Å². The van der Waals surface area contributed by atoms with Gasteiger partial charge < -0.3 is 14.0 Å². The molecule has 2 aliphatic heterocycles. The summed E-state index contributed by atoms with van der Waals surface area (Å²) in [5.41, 5.74) is 3.95. The maximum absolute atomic E-state index is 13.0. The summed E-state index contributed by atoms with van der Waals surface area (Å²) < 4.78 is 20.6. The molecular weight excluding hydrogens is 401 g/mol. The third-order valence-electron chi connectivity index (χ3n) is 5.72. The van der Waals surface area contributed by atoms with Gasteiger partial charge in [-0.25, -0.2) is 0 Å². The topological polar surface area (TPSA) is 48.6 Å². The maximum Gasteiger partial charge on any atom is 0.880 e. The highest BCUT2D eigenvalue weighted by atomic mass is 16.8. The van der Waals surface area contributed by atoms with Gasteiger partial charge in [0.25, 0.3) is 0 Å². The summed E-state index contributed by atoms with van der Waals surface area (Å²) in [5, 5.41) is 0. The number of carbonyl (C=O) groups excluding carboxylic acids is 1. The number of hydrogen-bond donors (Lipinski definition) is 0. The zero-order chi connectivity index (χ0) is 21.5. The minimum atomic E-state index is -2.66. The Morgan fingerprint density at radius 3 is 2.06 bits per heavy atom. The van der Waals surface area contributed by atoms with Crippen LogP contribution in [0.3, 0.4) is 0 Å². The van der Waals surface area contributed by atoms with Crippen LogP contribution in [0.4, 0.5) is 0 Å². The van der Waals surface area contributed by atoms with E-state index < -0.39 is 12.9 Å². The molecule has 0 fully saturated rings. The molecule has 0 aliphatic carbocycles. The van der Waals surface area contributed by atoms with Crippen LogP contribution in [0.25, 0.3) is 11.3 Å². The molecule has 3 heterocycles. The summed E-state index contributed by atoms with van der Waals surface area (Å²) in [7, 11) is 0. The van der Waals surface area contributed by atoms with Crippen LogP contribution < -0.4 is 9.13 Å². The predicted molar refractivity (Wildman–Crippen MR) is 120 cm³/mol. The number of carbonyl (C=O) groups is 1. The Labute approximate surface area is 185 Å². The smallest absolute Gasteiger partial charge is 0.582 e. The van der Waals surface area contributed by atoms with E-state index in [9.17, 15) is 4.79 Å². The average Bonchev–Trinajstić information content (AvgIpc) is 2.85. The van der Waals surface area contributed by atoms with Gasteiger partial charge >= 0.3 is 12.9 Å². The molecule has 154 valence electrons. The second-order valence-electron chi connectivity index (χ2n) is 7.67. The Morgan fingerprint density at radius 2 is 1.28 bits per heavy atom. The predicted octanol–water partition coefficient (Wildman–Crippen LogP) is 4.45. The third kappa shape index (κ3) is 2.81. The molecule has 6 heteroatoms. The van der Waals surface area contributed by atoms with Crippen LogP contribution >= 0.6 is 0 Å². The van der Waals surface area contributed by atoms with E-state index in [2.05, 4.69) is 0 Å². The first-order chi connectivity index (χ1) is 15.8. The van der Waals surface area contributed by atoms with Gasteiger partial charge in [0.15, 0.2) is 5.69 Å². The normalized spacial score (nSPS) is 18.8. The first-order valence-corrected chi connectivity index (χ1v) is 10.5. The zero-order valence-corrected chi connectivity index (χ0v) is 17.0. The van der Waals surface area contributed by atoms with E-state index in [4.69, 9.17) is 14.0 Å². The zero-order valence-electron chi connectivity index (χ0n) is 17.0. The second kappa shape index (κ2) is 7.13. The third-order valence-corrected chi connectivity index (χ3v) is 5.72. The van der Waals surface area contributed by atoms with Crippen LogP contribution in [0.1, 0.15) is 27.2 Å². The molecule has 1 atom stereocenters. The summed E-state index contributed by atoms with van der Waals surface area (Å²) in [4.78, 5) is 13.0. The molecule has 1 aromatic heterocycles. The van der Waals surface area contributed by atoms with Gasteiger partial charge in [-0.1, -0.05) is 78.9 Å². The Bertz CT molecular complexity index is 1370. The Balaban J connectivity index is 1.63. The van der Waals surface area contributed by atoms with Crippen molar-refractivity contribution < 1.29 is 23.2 Å². The lowest BCUT2D eigenvalue weighted by molar-refractivity contribution is -0.591. The van der Waals surface area contributed by atoms with Gasteiger partial charge in [0, 0.05) is 11.6 Å². The Hall–Kier alpha value is -4.32. The molecule has 0 unspecified atom stereocenters. The van der Waals surface area contributed by atoms with Crippen molar-refractivity contribution in [3.63, 3.8) is 0 Å². The van der Waals surface area contributed by atoms with E-state index in [1.165, 1.54) is 0 Å². The first-order valence-electron chi connectivity index (χ1n) is 10.5. The summed E-state index contributed by atoms with van der Waals surface area (Å²) >= 11 is 0. The van der Waals surface area contributed by atoms with E-state index in [0.717, 1.165) is 22.4 Å². The fourth-order valence-electron chi connectivity index (χ4n) is 4.29. The second-order valence-corrected chi connectivity index (χ2v) is 7.67. The standard InChI is InChI=1S/C26H18BNO4/c29-26-21-15-7-8-17-23(21)30-27(32-26)28-18-10-9-16-22(28)24(19-11-3-1-4-12-19)25(31-27)20-13-5-2-6-14-20/h1-18H/t27-/m1/s1. The molecule has 0 saturated carbocycles. The van der Waals surface area contributed by atoms with E-state index in [-0.39, 0.29) is 0 Å². The van der Waals surface area contributed by atoms with Crippen molar-refractivity contribution in [3.05, 3.63) is 132 Å². The fraction of sp³-hybridized carbons (Fsp3) is 0. The molecule has 6 rings (SSSR count). The lowest BCUT2D eigenvalue weighted by atomic mass is 9.84. The van der Waals surface area contributed by atoms with E-state index >= 15 is 0 Å². The molecule has 0 saturated heterocycles.